The molecule has 2 heteroatoms. The Hall–Kier alpha value is -0.820. The van der Waals surface area contributed by atoms with Crippen molar-refractivity contribution in [3.63, 3.8) is 0 Å². The van der Waals surface area contributed by atoms with Gasteiger partial charge in [-0.15, -0.1) is 18.2 Å². The van der Waals surface area contributed by atoms with Crippen LogP contribution in [0.1, 0.15) is 32.6 Å². The molecule has 0 aromatic carbocycles. The highest BCUT2D eigenvalue weighted by Gasteiger charge is 2.30. The van der Waals surface area contributed by atoms with E-state index in [1.807, 2.05) is 12.2 Å². The molecule has 2 rings (SSSR count). The average Bonchev–Trinajstić information content (AvgIpc) is 2.44. The molecule has 0 radical (unpaired) electrons. The summed E-state index contributed by atoms with van der Waals surface area (Å²) >= 11 is 6.04. The van der Waals surface area contributed by atoms with Crippen molar-refractivity contribution < 1.29 is 4.39 Å². The molecule has 2 aliphatic rings. The van der Waals surface area contributed by atoms with Gasteiger partial charge in [-0.1, -0.05) is 31.7 Å². The third-order valence-corrected chi connectivity index (χ3v) is 5.12. The van der Waals surface area contributed by atoms with Gasteiger partial charge in [-0.25, -0.2) is 4.39 Å². The summed E-state index contributed by atoms with van der Waals surface area (Å²) in [6.45, 7) is 9.76. The van der Waals surface area contributed by atoms with E-state index in [4.69, 9.17) is 11.6 Å². The molecule has 0 spiro atoms. The van der Waals surface area contributed by atoms with Crippen LogP contribution in [-0.4, -0.2) is 5.38 Å². The lowest BCUT2D eigenvalue weighted by Gasteiger charge is -2.33. The van der Waals surface area contributed by atoms with Crippen LogP contribution in [0.15, 0.2) is 48.4 Å². The number of allylic oxidation sites excluding steroid dienone is 6. The monoisotopic (exact) mass is 280 g/mol. The molecule has 2 unspecified atom stereocenters. The molecule has 0 nitrogen and oxygen atoms in total. The van der Waals surface area contributed by atoms with Gasteiger partial charge in [0.2, 0.25) is 0 Å². The maximum Gasteiger partial charge on any atom is 0.126 e. The van der Waals surface area contributed by atoms with Crippen molar-refractivity contribution in [3.05, 3.63) is 48.4 Å². The molecule has 0 bridgehead atoms. The third kappa shape index (κ3) is 3.02. The molecule has 1 fully saturated rings. The van der Waals surface area contributed by atoms with Gasteiger partial charge in [0.25, 0.3) is 0 Å². The molecule has 104 valence electrons. The minimum absolute atomic E-state index is 0.201. The second-order valence-electron chi connectivity index (χ2n) is 5.77. The minimum Gasteiger partial charge on any atom is -0.209 e. The van der Waals surface area contributed by atoms with Gasteiger partial charge in [-0.2, -0.15) is 0 Å². The van der Waals surface area contributed by atoms with Crippen LogP contribution in [0.5, 0.6) is 0 Å². The van der Waals surface area contributed by atoms with Crippen molar-refractivity contribution in [3.8, 4) is 0 Å². The van der Waals surface area contributed by atoms with Crippen LogP contribution in [0, 0.1) is 17.8 Å². The summed E-state index contributed by atoms with van der Waals surface area (Å²) in [5.41, 5.74) is 1.42. The lowest BCUT2D eigenvalue weighted by molar-refractivity contribution is 0.257. The Balaban J connectivity index is 2.08. The second-order valence-corrected chi connectivity index (χ2v) is 6.21. The molecule has 1 saturated carbocycles. The Bertz CT molecular complexity index is 425. The second kappa shape index (κ2) is 6.09. The van der Waals surface area contributed by atoms with E-state index < -0.39 is 5.38 Å². The minimum atomic E-state index is -0.674. The van der Waals surface area contributed by atoms with Crippen molar-refractivity contribution >= 4 is 11.6 Å². The normalized spacial score (nSPS) is 33.4. The van der Waals surface area contributed by atoms with Crippen LogP contribution in [0.2, 0.25) is 0 Å². The van der Waals surface area contributed by atoms with Crippen LogP contribution in [-0.2, 0) is 0 Å². The Kier molecular flexibility index (Phi) is 4.67. The number of rotatable bonds is 3. The molecule has 19 heavy (non-hydrogen) atoms. The topological polar surface area (TPSA) is 0 Å². The molecule has 2 atom stereocenters. The average molecular weight is 281 g/mol. The first-order chi connectivity index (χ1) is 9.04. The van der Waals surface area contributed by atoms with Gasteiger partial charge in [0, 0.05) is 0 Å². The van der Waals surface area contributed by atoms with E-state index in [-0.39, 0.29) is 11.7 Å². The van der Waals surface area contributed by atoms with E-state index >= 15 is 0 Å². The molecular formula is C17H22ClF. The SMILES string of the molecule is C=CC1CCC(C(C)C2=C(F)C(Cl)C(=C)C=C2)CC1. The molecule has 0 N–H and O–H groups in total. The summed E-state index contributed by atoms with van der Waals surface area (Å²) in [4.78, 5) is 0. The van der Waals surface area contributed by atoms with Gasteiger partial charge in [-0.3, -0.25) is 0 Å². The fourth-order valence-corrected chi connectivity index (χ4v) is 3.37. The van der Waals surface area contributed by atoms with E-state index in [9.17, 15) is 4.39 Å². The molecule has 0 aromatic heterocycles. The molecular weight excluding hydrogens is 259 g/mol. The fourth-order valence-electron chi connectivity index (χ4n) is 3.17. The molecule has 0 aromatic rings. The van der Waals surface area contributed by atoms with Gasteiger partial charge < -0.3 is 0 Å². The fraction of sp³-hybridized carbons (Fsp3) is 0.529. The van der Waals surface area contributed by atoms with Crippen LogP contribution in [0.25, 0.3) is 0 Å². The van der Waals surface area contributed by atoms with E-state index in [0.717, 1.165) is 18.4 Å². The third-order valence-electron chi connectivity index (χ3n) is 4.65. The zero-order valence-electron chi connectivity index (χ0n) is 11.5. The molecule has 0 saturated heterocycles. The highest BCUT2D eigenvalue weighted by molar-refractivity contribution is 6.24. The van der Waals surface area contributed by atoms with Gasteiger partial charge in [0.15, 0.2) is 0 Å². The first-order valence-corrected chi connectivity index (χ1v) is 7.51. The molecule has 0 amide bonds. The van der Waals surface area contributed by atoms with E-state index in [1.54, 1.807) is 0 Å². The summed E-state index contributed by atoms with van der Waals surface area (Å²) in [6, 6.07) is 0. The smallest absolute Gasteiger partial charge is 0.126 e. The number of alkyl halides is 1. The van der Waals surface area contributed by atoms with E-state index in [2.05, 4.69) is 26.2 Å². The van der Waals surface area contributed by atoms with Crippen molar-refractivity contribution in [2.45, 2.75) is 38.0 Å². The van der Waals surface area contributed by atoms with Gasteiger partial charge >= 0.3 is 0 Å². The number of hydrogen-bond donors (Lipinski definition) is 0. The zero-order valence-corrected chi connectivity index (χ0v) is 12.3. The quantitative estimate of drug-likeness (QED) is 0.468. The van der Waals surface area contributed by atoms with Crippen molar-refractivity contribution in [2.24, 2.45) is 17.8 Å². The van der Waals surface area contributed by atoms with Crippen molar-refractivity contribution in [2.75, 3.05) is 0 Å². The summed E-state index contributed by atoms with van der Waals surface area (Å²) in [5.74, 6) is 1.23. The van der Waals surface area contributed by atoms with Crippen molar-refractivity contribution in [1.82, 2.24) is 0 Å². The van der Waals surface area contributed by atoms with Crippen molar-refractivity contribution in [1.29, 1.82) is 0 Å². The summed E-state index contributed by atoms with van der Waals surface area (Å²) in [7, 11) is 0. The lowest BCUT2D eigenvalue weighted by Crippen LogP contribution is -2.22. The van der Waals surface area contributed by atoms with Crippen LogP contribution < -0.4 is 0 Å². The van der Waals surface area contributed by atoms with E-state index in [1.165, 1.54) is 12.8 Å². The largest absolute Gasteiger partial charge is 0.209 e. The highest BCUT2D eigenvalue weighted by Crippen LogP contribution is 2.40. The Morgan fingerprint density at radius 1 is 1.32 bits per heavy atom. The van der Waals surface area contributed by atoms with Gasteiger partial charge in [-0.05, 0) is 54.6 Å². The lowest BCUT2D eigenvalue weighted by atomic mass is 9.73. The Labute approximate surface area is 120 Å². The standard InChI is InChI=1S/C17H22ClF/c1-4-13-6-8-14(9-7-13)12(3)15-10-5-11(2)16(18)17(15)19/h4-5,10,12-14,16H,1-2,6-9H2,3H3. The van der Waals surface area contributed by atoms with Crippen LogP contribution in [0.3, 0.4) is 0 Å². The first-order valence-electron chi connectivity index (χ1n) is 7.07. The van der Waals surface area contributed by atoms with Gasteiger partial charge in [0.05, 0.1) is 0 Å². The Morgan fingerprint density at radius 2 is 1.95 bits per heavy atom. The Morgan fingerprint density at radius 3 is 2.53 bits per heavy atom. The maximum atomic E-state index is 14.3. The summed E-state index contributed by atoms with van der Waals surface area (Å²) in [5, 5.41) is -0.674. The number of halogens is 2. The molecule has 2 aliphatic carbocycles. The predicted molar refractivity (Wildman–Crippen MR) is 80.9 cm³/mol. The van der Waals surface area contributed by atoms with Gasteiger partial charge in [0.1, 0.15) is 11.2 Å². The first kappa shape index (κ1) is 14.6. The predicted octanol–water partition coefficient (Wildman–Crippen LogP) is 5.57. The maximum absolute atomic E-state index is 14.3. The van der Waals surface area contributed by atoms with Crippen LogP contribution >= 0.6 is 11.6 Å². The number of hydrogen-bond acceptors (Lipinski definition) is 0. The summed E-state index contributed by atoms with van der Waals surface area (Å²) < 4.78 is 14.3. The zero-order chi connectivity index (χ0) is 14.0. The molecule has 0 aliphatic heterocycles. The van der Waals surface area contributed by atoms with E-state index in [0.29, 0.717) is 17.4 Å². The van der Waals surface area contributed by atoms with Crippen LogP contribution in [0.4, 0.5) is 4.39 Å². The summed E-state index contributed by atoms with van der Waals surface area (Å²) in [6.07, 6.45) is 10.4. The molecule has 0 heterocycles. The highest BCUT2D eigenvalue weighted by atomic mass is 35.5.